The second-order valence-corrected chi connectivity index (χ2v) is 17.4. The Hall–Kier alpha value is -7.59. The lowest BCUT2D eigenvalue weighted by molar-refractivity contribution is -0.130. The fraction of sp³-hybridized carbons (Fsp3) is 0.280. The van der Waals surface area contributed by atoms with Crippen LogP contribution in [0.4, 0.5) is 40.3 Å². The Kier molecular flexibility index (Phi) is 13.4. The number of benzene rings is 4. The van der Waals surface area contributed by atoms with Gasteiger partial charge in [-0.3, -0.25) is 9.59 Å². The number of nitrogen functional groups attached to an aromatic ring is 1. The molecule has 2 amide bonds. The minimum atomic E-state index is 0.106. The highest BCUT2D eigenvalue weighted by atomic mass is 35.5. The number of fused-ring (bicyclic) bond motifs is 4. The van der Waals surface area contributed by atoms with Gasteiger partial charge in [0.15, 0.2) is 22.9 Å². The van der Waals surface area contributed by atoms with Gasteiger partial charge in [-0.2, -0.15) is 20.2 Å². The van der Waals surface area contributed by atoms with Crippen LogP contribution < -0.4 is 21.7 Å². The van der Waals surface area contributed by atoms with E-state index in [1.54, 1.807) is 35.6 Å². The molecule has 0 fully saturated rings. The topological polar surface area (TPSA) is 190 Å². The van der Waals surface area contributed by atoms with Gasteiger partial charge >= 0.3 is 0 Å². The van der Waals surface area contributed by atoms with E-state index in [-0.39, 0.29) is 17.1 Å². The molecule has 8 aromatic rings. The third kappa shape index (κ3) is 10.3. The average molecular weight is 920 g/mol. The summed E-state index contributed by atoms with van der Waals surface area (Å²) in [5.74, 6) is 2.21. The first-order valence-corrected chi connectivity index (χ1v) is 22.5. The van der Waals surface area contributed by atoms with E-state index < -0.39 is 0 Å². The Morgan fingerprint density at radius 1 is 0.612 bits per heavy atom. The van der Waals surface area contributed by atoms with Gasteiger partial charge in [0.2, 0.25) is 23.0 Å². The predicted octanol–water partition coefficient (Wildman–Crippen LogP) is 8.92. The zero-order chi connectivity index (χ0) is 47.5. The second kappa shape index (κ2) is 19.5. The molecule has 2 aliphatic heterocycles. The third-order valence-corrected chi connectivity index (χ3v) is 12.4. The smallest absolute Gasteiger partial charge is 0.229 e. The molecule has 16 nitrogen and oxygen atoms in total. The van der Waals surface area contributed by atoms with Gasteiger partial charge in [-0.15, -0.1) is 0 Å². The van der Waals surface area contributed by atoms with E-state index in [1.807, 2.05) is 54.2 Å². The summed E-state index contributed by atoms with van der Waals surface area (Å²) in [6, 6.07) is 24.5. The van der Waals surface area contributed by atoms with Crippen molar-refractivity contribution in [2.75, 3.05) is 34.8 Å². The Morgan fingerprint density at radius 3 is 1.61 bits per heavy atom. The van der Waals surface area contributed by atoms with Crippen molar-refractivity contribution in [1.82, 2.24) is 49.3 Å². The molecule has 6 heterocycles. The Bertz CT molecular complexity index is 3120. The standard InChI is InChI=1S/C25H27N7O.C14H14ClN5.C11H14N2O/c1-15-6-5-7-16(2)22(15)28-23-21-13-26-25(29-24(21)31(4)30-23)27-20-9-8-18-10-11-32(17(3)33)14-19(18)12-20;1-8-5-4-6-9(2)11(8)17-12-10-7-16-14(15)18-13(10)20(3)19-12;1-8(14)13-5-4-9-2-3-11(12)6-10(9)7-13/h5-9,12-13H,10-11,14H2,1-4H3,(H,28,30)(H,26,27,29);4-7H,1-3H3,(H,17,19);2-3,6H,4-5,7,12H2,1H3. The number of rotatable bonds is 6. The second-order valence-electron chi connectivity index (χ2n) is 17.1. The maximum Gasteiger partial charge on any atom is 0.229 e. The number of amides is 2. The van der Waals surface area contributed by atoms with Crippen LogP contribution in [0.3, 0.4) is 0 Å². The first-order valence-electron chi connectivity index (χ1n) is 22.1. The first-order chi connectivity index (χ1) is 32.1. The minimum Gasteiger partial charge on any atom is -0.399 e. The van der Waals surface area contributed by atoms with E-state index in [0.717, 1.165) is 93.4 Å². The molecule has 10 rings (SSSR count). The number of anilines is 7. The number of nitrogens with one attached hydrogen (secondary N) is 3. The monoisotopic (exact) mass is 918 g/mol. The van der Waals surface area contributed by atoms with Crippen LogP contribution in [-0.4, -0.2) is 74.2 Å². The third-order valence-electron chi connectivity index (χ3n) is 12.2. The molecule has 4 aromatic carbocycles. The minimum absolute atomic E-state index is 0.106. The van der Waals surface area contributed by atoms with Crippen LogP contribution in [0, 0.1) is 27.7 Å². The number of nitrogens with zero attached hydrogens (tertiary/aromatic N) is 10. The van der Waals surface area contributed by atoms with Crippen LogP contribution in [0.15, 0.2) is 85.2 Å². The molecular weight excluding hydrogens is 864 g/mol. The number of aromatic nitrogens is 8. The summed E-state index contributed by atoms with van der Waals surface area (Å²) in [5, 5.41) is 21.1. The normalized spacial score (nSPS) is 12.9. The Labute approximate surface area is 394 Å². The average Bonchev–Trinajstić information content (AvgIpc) is 3.78. The van der Waals surface area contributed by atoms with Crippen molar-refractivity contribution in [2.45, 2.75) is 67.5 Å². The number of para-hydroxylation sites is 2. The highest BCUT2D eigenvalue weighted by Gasteiger charge is 2.20. The molecule has 0 saturated heterocycles. The van der Waals surface area contributed by atoms with Crippen LogP contribution in [-0.2, 0) is 49.6 Å². The van der Waals surface area contributed by atoms with Crippen LogP contribution in [0.2, 0.25) is 5.28 Å². The summed E-state index contributed by atoms with van der Waals surface area (Å²) in [5.41, 5.74) is 20.5. The first kappa shape index (κ1) is 46.0. The number of halogens is 1. The number of carbonyl (C=O) groups is 2. The van der Waals surface area contributed by atoms with Crippen molar-refractivity contribution in [1.29, 1.82) is 0 Å². The van der Waals surface area contributed by atoms with Gasteiger partial charge in [-0.05, 0) is 121 Å². The quantitative estimate of drug-likeness (QED) is 0.0917. The number of hydrogen-bond donors (Lipinski definition) is 4. The summed E-state index contributed by atoms with van der Waals surface area (Å²) in [7, 11) is 3.71. The molecule has 0 spiro atoms. The molecule has 0 saturated carbocycles. The van der Waals surface area contributed by atoms with Crippen molar-refractivity contribution in [2.24, 2.45) is 14.1 Å². The van der Waals surface area contributed by atoms with E-state index in [1.165, 1.54) is 27.8 Å². The molecule has 67 heavy (non-hydrogen) atoms. The highest BCUT2D eigenvalue weighted by Crippen LogP contribution is 2.31. The molecule has 0 bridgehead atoms. The number of hydrogen-bond acceptors (Lipinski definition) is 12. The molecular formula is C50H55ClN14O2. The lowest BCUT2D eigenvalue weighted by Gasteiger charge is -2.28. The summed E-state index contributed by atoms with van der Waals surface area (Å²) in [6.45, 7) is 14.4. The van der Waals surface area contributed by atoms with E-state index in [4.69, 9.17) is 22.3 Å². The zero-order valence-electron chi connectivity index (χ0n) is 39.1. The molecule has 2 aliphatic rings. The van der Waals surface area contributed by atoms with E-state index in [0.29, 0.717) is 24.7 Å². The molecule has 0 aliphatic carbocycles. The van der Waals surface area contributed by atoms with Crippen molar-refractivity contribution < 1.29 is 9.59 Å². The van der Waals surface area contributed by atoms with E-state index in [9.17, 15) is 9.59 Å². The number of aryl methyl sites for hydroxylation is 6. The van der Waals surface area contributed by atoms with Gasteiger partial charge in [-0.1, -0.05) is 48.5 Å². The van der Waals surface area contributed by atoms with E-state index >= 15 is 0 Å². The van der Waals surface area contributed by atoms with Gasteiger partial charge in [0.05, 0.1) is 10.8 Å². The van der Waals surface area contributed by atoms with Crippen molar-refractivity contribution in [3.05, 3.63) is 135 Å². The van der Waals surface area contributed by atoms with Gasteiger partial charge in [0.25, 0.3) is 0 Å². The summed E-state index contributed by atoms with van der Waals surface area (Å²) in [6.07, 6.45) is 5.30. The molecule has 0 unspecified atom stereocenters. The largest absolute Gasteiger partial charge is 0.399 e. The van der Waals surface area contributed by atoms with Crippen LogP contribution in [0.1, 0.15) is 58.4 Å². The maximum absolute atomic E-state index is 11.8. The van der Waals surface area contributed by atoms with Crippen LogP contribution in [0.5, 0.6) is 0 Å². The molecule has 4 aromatic heterocycles. The number of carbonyl (C=O) groups excluding carboxylic acids is 2. The van der Waals surface area contributed by atoms with Gasteiger partial charge < -0.3 is 31.5 Å². The number of nitrogens with two attached hydrogens (primary N) is 1. The predicted molar refractivity (Wildman–Crippen MR) is 266 cm³/mol. The Morgan fingerprint density at radius 2 is 1.09 bits per heavy atom. The zero-order valence-corrected chi connectivity index (χ0v) is 39.8. The lowest BCUT2D eigenvalue weighted by Crippen LogP contribution is -2.34. The van der Waals surface area contributed by atoms with Crippen LogP contribution in [0.25, 0.3) is 22.1 Å². The van der Waals surface area contributed by atoms with Gasteiger partial charge in [0.1, 0.15) is 0 Å². The maximum atomic E-state index is 11.8. The molecule has 17 heteroatoms. The highest BCUT2D eigenvalue weighted by molar-refractivity contribution is 6.28. The summed E-state index contributed by atoms with van der Waals surface area (Å²) in [4.78, 5) is 44.1. The summed E-state index contributed by atoms with van der Waals surface area (Å²) < 4.78 is 3.45. The van der Waals surface area contributed by atoms with E-state index in [2.05, 4.69) is 111 Å². The molecule has 0 atom stereocenters. The van der Waals surface area contributed by atoms with Crippen molar-refractivity contribution in [3.8, 4) is 0 Å². The van der Waals surface area contributed by atoms with Gasteiger partial charge in [-0.25, -0.2) is 19.3 Å². The van der Waals surface area contributed by atoms with Crippen molar-refractivity contribution >= 4 is 85.8 Å². The fourth-order valence-corrected chi connectivity index (χ4v) is 8.57. The fourth-order valence-electron chi connectivity index (χ4n) is 8.44. The summed E-state index contributed by atoms with van der Waals surface area (Å²) >= 11 is 5.83. The lowest BCUT2D eigenvalue weighted by atomic mass is 9.99. The van der Waals surface area contributed by atoms with Crippen molar-refractivity contribution in [3.63, 3.8) is 0 Å². The molecule has 344 valence electrons. The van der Waals surface area contributed by atoms with Crippen LogP contribution >= 0.6 is 11.6 Å². The molecule has 5 N–H and O–H groups in total. The van der Waals surface area contributed by atoms with Gasteiger partial charge in [0, 0.05) is 89.3 Å². The SMILES string of the molecule is CC(=O)N1CCc2ccc(N)cc2C1.CC(=O)N1CCc2ccc(Nc3ncc4c(Nc5c(C)cccc5C)nn(C)c4n3)cc2C1.Cc1cccc(C)c1Nc1nn(C)c2nc(Cl)ncc12. The molecule has 0 radical (unpaired) electrons. The Balaban J connectivity index is 0.000000151.